The normalized spacial score (nSPS) is 15.1. The zero-order valence-corrected chi connectivity index (χ0v) is 35.7. The summed E-state index contributed by atoms with van der Waals surface area (Å²) in [4.78, 5) is 18.7. The van der Waals surface area contributed by atoms with E-state index in [1.54, 1.807) is 0 Å². The smallest absolute Gasteiger partial charge is 0.0710 e. The van der Waals surface area contributed by atoms with Gasteiger partial charge in [-0.25, -0.2) is 9.97 Å². The van der Waals surface area contributed by atoms with Gasteiger partial charge in [-0.3, -0.25) is 9.97 Å². The third-order valence-corrected chi connectivity index (χ3v) is 13.3. The molecule has 0 N–H and O–H groups in total. The number of benzene rings is 5. The monoisotopic (exact) mass is 821 g/mol. The first kappa shape index (κ1) is 37.7. The van der Waals surface area contributed by atoms with Crippen LogP contribution in [0, 0.1) is 0 Å². The van der Waals surface area contributed by atoms with Gasteiger partial charge in [-0.05, 0) is 130 Å². The van der Waals surface area contributed by atoms with Crippen LogP contribution >= 0.6 is 0 Å². The van der Waals surface area contributed by atoms with E-state index in [9.17, 15) is 0 Å². The summed E-state index contributed by atoms with van der Waals surface area (Å²) in [5.74, 6) is 0. The second-order valence-corrected chi connectivity index (χ2v) is 17.5. The van der Waals surface area contributed by atoms with Crippen LogP contribution in [0.1, 0.15) is 48.6 Å². The number of hydrogen-bond donors (Lipinski definition) is 0. The molecule has 304 valence electrons. The van der Waals surface area contributed by atoms with Crippen LogP contribution in [0.5, 0.6) is 0 Å². The Hall–Kier alpha value is -8.02. The molecule has 0 radical (unpaired) electrons. The van der Waals surface area contributed by atoms with Crippen LogP contribution in [0.4, 0.5) is 0 Å². The van der Waals surface area contributed by atoms with Gasteiger partial charge in [-0.1, -0.05) is 117 Å². The fourth-order valence-corrected chi connectivity index (χ4v) is 10.2. The standard InChI is InChI=1S/C59H43N5/c1-59(2)51-17-5-3-15-47(51)49-36-50-48-16-4-6-22-57(48)64(58(50)37-52(49)59)46-34-44(40-11-7-13-42(31-40)55-20-9-18-53(62-55)38-23-27-60-28-24-38)33-45(35-46)41-12-8-14-43(32-41)56-21-10-19-54(63-56)39-25-29-61-30-26-39/h3-34,36-37,46H,35H2,1-2H3. The maximum Gasteiger partial charge on any atom is 0.0710 e. The average Bonchev–Trinajstić information content (AvgIpc) is 3.81. The minimum absolute atomic E-state index is 0.0240. The van der Waals surface area contributed by atoms with Gasteiger partial charge in [0.2, 0.25) is 0 Å². The Balaban J connectivity index is 1.02. The van der Waals surface area contributed by atoms with Crippen molar-refractivity contribution in [3.05, 3.63) is 229 Å². The molecule has 0 aliphatic heterocycles. The van der Waals surface area contributed by atoms with Gasteiger partial charge in [-0.15, -0.1) is 0 Å². The molecule has 5 nitrogen and oxygen atoms in total. The number of rotatable bonds is 7. The number of hydrogen-bond acceptors (Lipinski definition) is 4. The van der Waals surface area contributed by atoms with Gasteiger partial charge in [0.15, 0.2) is 0 Å². The summed E-state index contributed by atoms with van der Waals surface area (Å²) in [6.45, 7) is 4.75. The van der Waals surface area contributed by atoms with Gasteiger partial charge in [0.25, 0.3) is 0 Å². The molecule has 0 spiro atoms. The first-order valence-corrected chi connectivity index (χ1v) is 22.0. The molecule has 12 rings (SSSR count). The highest BCUT2D eigenvalue weighted by Crippen LogP contribution is 2.51. The molecular formula is C59H43N5. The molecule has 1 unspecified atom stereocenters. The lowest BCUT2D eigenvalue weighted by Crippen LogP contribution is -2.15. The van der Waals surface area contributed by atoms with E-state index < -0.39 is 0 Å². The molecule has 5 heteroatoms. The Kier molecular flexibility index (Phi) is 8.90. The van der Waals surface area contributed by atoms with Crippen molar-refractivity contribution in [1.29, 1.82) is 0 Å². The molecule has 5 aromatic carbocycles. The van der Waals surface area contributed by atoms with E-state index in [0.29, 0.717) is 0 Å². The fourth-order valence-electron chi connectivity index (χ4n) is 10.2. The molecule has 10 aromatic rings. The van der Waals surface area contributed by atoms with E-state index >= 15 is 0 Å². The van der Waals surface area contributed by atoms with Crippen LogP contribution in [-0.2, 0) is 5.41 Å². The predicted octanol–water partition coefficient (Wildman–Crippen LogP) is 14.5. The zero-order valence-electron chi connectivity index (χ0n) is 35.7. The summed E-state index contributed by atoms with van der Waals surface area (Å²) in [5.41, 5.74) is 20.6. The number of nitrogens with zero attached hydrogens (tertiary/aromatic N) is 5. The molecule has 1 atom stereocenters. The highest BCUT2D eigenvalue weighted by Gasteiger charge is 2.36. The lowest BCUT2D eigenvalue weighted by Gasteiger charge is -2.27. The fraction of sp³-hybridized carbons (Fsp3) is 0.0847. The van der Waals surface area contributed by atoms with Crippen LogP contribution in [0.2, 0.25) is 0 Å². The largest absolute Gasteiger partial charge is 0.333 e. The van der Waals surface area contributed by atoms with Crippen LogP contribution in [0.25, 0.3) is 89.1 Å². The molecule has 2 aliphatic carbocycles. The molecule has 0 fully saturated rings. The topological polar surface area (TPSA) is 56.5 Å². The van der Waals surface area contributed by atoms with E-state index in [1.165, 1.54) is 60.8 Å². The van der Waals surface area contributed by atoms with Crippen molar-refractivity contribution < 1.29 is 0 Å². The summed E-state index contributed by atoms with van der Waals surface area (Å²) in [6.07, 6.45) is 13.0. The first-order valence-electron chi connectivity index (χ1n) is 22.0. The number of aromatic nitrogens is 5. The third-order valence-electron chi connectivity index (χ3n) is 13.3. The first-order chi connectivity index (χ1) is 31.5. The van der Waals surface area contributed by atoms with Crippen molar-refractivity contribution in [1.82, 2.24) is 24.5 Å². The van der Waals surface area contributed by atoms with Crippen LogP contribution in [-0.4, -0.2) is 24.5 Å². The van der Waals surface area contributed by atoms with E-state index in [1.807, 2.05) is 49.1 Å². The Bertz CT molecular complexity index is 3500. The number of para-hydroxylation sites is 1. The summed E-state index contributed by atoms with van der Waals surface area (Å²) in [7, 11) is 0. The van der Waals surface area contributed by atoms with E-state index in [4.69, 9.17) is 9.97 Å². The number of fused-ring (bicyclic) bond motifs is 6. The summed E-state index contributed by atoms with van der Waals surface area (Å²) in [5, 5.41) is 2.56. The van der Waals surface area contributed by atoms with Gasteiger partial charge in [0.05, 0.1) is 34.3 Å². The van der Waals surface area contributed by atoms with Gasteiger partial charge < -0.3 is 4.57 Å². The molecule has 0 bridgehead atoms. The van der Waals surface area contributed by atoms with Crippen molar-refractivity contribution >= 4 is 33.0 Å². The van der Waals surface area contributed by atoms with Crippen LogP contribution in [0.3, 0.4) is 0 Å². The highest BCUT2D eigenvalue weighted by atomic mass is 15.0. The van der Waals surface area contributed by atoms with Crippen molar-refractivity contribution in [2.45, 2.75) is 31.7 Å². The average molecular weight is 822 g/mol. The maximum atomic E-state index is 5.13. The Morgan fingerprint density at radius 3 is 1.70 bits per heavy atom. The summed E-state index contributed by atoms with van der Waals surface area (Å²) >= 11 is 0. The summed E-state index contributed by atoms with van der Waals surface area (Å²) < 4.78 is 2.62. The van der Waals surface area contributed by atoms with Crippen LogP contribution < -0.4 is 0 Å². The zero-order chi connectivity index (χ0) is 42.8. The molecule has 5 heterocycles. The Labute approximate surface area is 372 Å². The minimum atomic E-state index is -0.119. The van der Waals surface area contributed by atoms with Crippen molar-refractivity contribution in [2.24, 2.45) is 0 Å². The van der Waals surface area contributed by atoms with Crippen molar-refractivity contribution in [3.8, 4) is 56.2 Å². The maximum absolute atomic E-state index is 5.13. The molecule has 2 aliphatic rings. The second-order valence-electron chi connectivity index (χ2n) is 17.5. The summed E-state index contributed by atoms with van der Waals surface area (Å²) in [6, 6.07) is 61.2. The third kappa shape index (κ3) is 6.39. The predicted molar refractivity (Wildman–Crippen MR) is 262 cm³/mol. The molecule has 5 aromatic heterocycles. The highest BCUT2D eigenvalue weighted by molar-refractivity contribution is 6.11. The molecule has 0 saturated heterocycles. The Morgan fingerprint density at radius 1 is 0.453 bits per heavy atom. The SMILES string of the molecule is CC1(C)c2ccccc2-c2cc3c4ccccc4n(C4C=C(c5cccc(-c6cccc(-c7ccncc7)n6)c5)C=C(c5cccc(-c6cccc(-c7ccncc7)n6)c5)C4)c3cc21. The van der Waals surface area contributed by atoms with E-state index in [-0.39, 0.29) is 11.5 Å². The van der Waals surface area contributed by atoms with Crippen molar-refractivity contribution in [2.75, 3.05) is 0 Å². The van der Waals surface area contributed by atoms with Gasteiger partial charge in [0, 0.05) is 68.7 Å². The Morgan fingerprint density at radius 2 is 1.02 bits per heavy atom. The van der Waals surface area contributed by atoms with Gasteiger partial charge >= 0.3 is 0 Å². The molecular weight excluding hydrogens is 779 g/mol. The van der Waals surface area contributed by atoms with Crippen LogP contribution in [0.15, 0.2) is 207 Å². The lowest BCUT2D eigenvalue weighted by molar-refractivity contribution is 0.649. The quantitative estimate of drug-likeness (QED) is 0.161. The van der Waals surface area contributed by atoms with E-state index in [0.717, 1.165) is 57.0 Å². The van der Waals surface area contributed by atoms with E-state index in [2.05, 4.69) is 186 Å². The number of pyridine rings is 4. The lowest BCUT2D eigenvalue weighted by atomic mass is 9.82. The second kappa shape index (κ2) is 15.1. The molecule has 0 amide bonds. The minimum Gasteiger partial charge on any atom is -0.333 e. The number of allylic oxidation sites excluding steroid dienone is 4. The van der Waals surface area contributed by atoms with Gasteiger partial charge in [-0.2, -0.15) is 0 Å². The molecule has 0 saturated carbocycles. The van der Waals surface area contributed by atoms with Crippen molar-refractivity contribution in [3.63, 3.8) is 0 Å². The van der Waals surface area contributed by atoms with Gasteiger partial charge in [0.1, 0.15) is 0 Å². The molecule has 64 heavy (non-hydrogen) atoms.